The Morgan fingerprint density at radius 1 is 1.10 bits per heavy atom. The Morgan fingerprint density at radius 2 is 1.88 bits per heavy atom. The highest BCUT2D eigenvalue weighted by atomic mass is 16.2. The van der Waals surface area contributed by atoms with E-state index in [0.717, 1.165) is 29.8 Å². The summed E-state index contributed by atoms with van der Waals surface area (Å²) >= 11 is 0. The first-order valence-corrected chi connectivity index (χ1v) is 13.5. The maximum atomic E-state index is 14.0. The van der Waals surface area contributed by atoms with Gasteiger partial charge < -0.3 is 20.9 Å². The van der Waals surface area contributed by atoms with Gasteiger partial charge in [0.1, 0.15) is 11.6 Å². The molecule has 1 aromatic heterocycles. The normalized spacial score (nSPS) is 21.0. The number of benzene rings is 2. The zero-order valence-corrected chi connectivity index (χ0v) is 23.1. The molecule has 2 aromatic carbocycles. The summed E-state index contributed by atoms with van der Waals surface area (Å²) in [6.07, 6.45) is 2.40. The van der Waals surface area contributed by atoms with Crippen LogP contribution in [0.5, 0.6) is 0 Å². The molecule has 1 fully saturated rings. The highest BCUT2D eigenvalue weighted by Gasteiger charge is 2.52. The van der Waals surface area contributed by atoms with Crippen LogP contribution in [0.1, 0.15) is 56.1 Å². The van der Waals surface area contributed by atoms with Crippen LogP contribution in [0, 0.1) is 0 Å². The lowest BCUT2D eigenvalue weighted by atomic mass is 9.87. The molecule has 6 rings (SSSR count). The van der Waals surface area contributed by atoms with Gasteiger partial charge in [0, 0.05) is 30.4 Å². The number of imide groups is 1. The van der Waals surface area contributed by atoms with E-state index in [1.165, 1.54) is 21.6 Å². The van der Waals surface area contributed by atoms with Crippen LogP contribution in [-0.2, 0) is 28.0 Å². The second-order valence-corrected chi connectivity index (χ2v) is 11.8. The summed E-state index contributed by atoms with van der Waals surface area (Å²) < 4.78 is 0. The first-order chi connectivity index (χ1) is 19.0. The number of nitrogen functional groups attached to an aromatic ring is 1. The standard InChI is InChI=1S/C30H33N7O3/c1-29(2)17-35(25(38)24-21-8-6-5-7-18(21)11-13-32-24)23-15-20(9-10-22(23)29)37-26(39)30(3,4)36(28(37)40)16-19-12-14-33-27(31)34-19/h5-10,12,14-15,24,32H,11,13,16-17H2,1-4H3,(H2,31,33,34)/t24-/m0/s1. The highest BCUT2D eigenvalue weighted by molar-refractivity contribution is 6.23. The van der Waals surface area contributed by atoms with E-state index in [2.05, 4.69) is 35.2 Å². The maximum Gasteiger partial charge on any atom is 0.332 e. The molecule has 10 heteroatoms. The number of anilines is 3. The van der Waals surface area contributed by atoms with Gasteiger partial charge >= 0.3 is 6.03 Å². The molecule has 4 amide bonds. The minimum absolute atomic E-state index is 0.0430. The first kappa shape index (κ1) is 25.9. The average molecular weight is 540 g/mol. The molecule has 1 atom stereocenters. The van der Waals surface area contributed by atoms with Crippen molar-refractivity contribution >= 4 is 35.2 Å². The van der Waals surface area contributed by atoms with Crippen LogP contribution >= 0.6 is 0 Å². The summed E-state index contributed by atoms with van der Waals surface area (Å²) in [5.74, 6) is -0.290. The van der Waals surface area contributed by atoms with Crippen LogP contribution in [0.25, 0.3) is 0 Å². The molecular formula is C30H33N7O3. The van der Waals surface area contributed by atoms with Gasteiger partial charge in [-0.3, -0.25) is 9.59 Å². The first-order valence-electron chi connectivity index (χ1n) is 13.5. The Bertz CT molecular complexity index is 1550. The van der Waals surface area contributed by atoms with Crippen LogP contribution in [0.3, 0.4) is 0 Å². The minimum Gasteiger partial charge on any atom is -0.368 e. The van der Waals surface area contributed by atoms with E-state index in [0.29, 0.717) is 17.9 Å². The summed E-state index contributed by atoms with van der Waals surface area (Å²) in [5, 5.41) is 3.40. The molecule has 40 heavy (non-hydrogen) atoms. The second-order valence-electron chi connectivity index (χ2n) is 11.8. The van der Waals surface area contributed by atoms with Crippen molar-refractivity contribution in [3.8, 4) is 0 Å². The third-order valence-corrected chi connectivity index (χ3v) is 8.31. The molecule has 0 unspecified atom stereocenters. The number of urea groups is 1. The lowest BCUT2D eigenvalue weighted by Gasteiger charge is -2.30. The summed E-state index contributed by atoms with van der Waals surface area (Å²) in [4.78, 5) is 54.0. The van der Waals surface area contributed by atoms with Gasteiger partial charge in [-0.1, -0.05) is 44.2 Å². The number of carbonyl (C=O) groups is 3. The van der Waals surface area contributed by atoms with Gasteiger partial charge in [0.25, 0.3) is 5.91 Å². The highest BCUT2D eigenvalue weighted by Crippen LogP contribution is 2.45. The minimum atomic E-state index is -1.11. The molecule has 3 N–H and O–H groups in total. The van der Waals surface area contributed by atoms with Gasteiger partial charge in [0.2, 0.25) is 11.9 Å². The number of nitrogens with one attached hydrogen (secondary N) is 1. The van der Waals surface area contributed by atoms with E-state index < -0.39 is 17.6 Å². The number of nitrogens with zero attached hydrogens (tertiary/aromatic N) is 5. The molecule has 0 aliphatic carbocycles. The maximum absolute atomic E-state index is 14.0. The SMILES string of the molecule is CC1(C)CN(C(=O)[C@H]2NCCc3ccccc32)c2cc(N3C(=O)N(Cc4ccnc(N)n4)C(C)(C)C3=O)ccc21. The van der Waals surface area contributed by atoms with Crippen molar-refractivity contribution in [2.24, 2.45) is 0 Å². The zero-order valence-electron chi connectivity index (χ0n) is 23.1. The molecule has 0 saturated carbocycles. The number of amides is 4. The van der Waals surface area contributed by atoms with Crippen molar-refractivity contribution in [2.45, 2.75) is 57.7 Å². The molecule has 206 valence electrons. The van der Waals surface area contributed by atoms with Crippen molar-refractivity contribution in [3.05, 3.63) is 77.1 Å². The molecule has 0 bridgehead atoms. The Labute approximate surface area is 233 Å². The van der Waals surface area contributed by atoms with Crippen LogP contribution in [0.2, 0.25) is 0 Å². The molecular weight excluding hydrogens is 506 g/mol. The topological polar surface area (TPSA) is 125 Å². The number of nitrogens with two attached hydrogens (primary N) is 1. The molecule has 0 spiro atoms. The lowest BCUT2D eigenvalue weighted by molar-refractivity contribution is -0.123. The van der Waals surface area contributed by atoms with Crippen molar-refractivity contribution < 1.29 is 14.4 Å². The van der Waals surface area contributed by atoms with Gasteiger partial charge in [-0.15, -0.1) is 0 Å². The van der Waals surface area contributed by atoms with Crippen LogP contribution < -0.4 is 20.9 Å². The predicted octanol–water partition coefficient (Wildman–Crippen LogP) is 3.32. The number of carbonyl (C=O) groups excluding carboxylic acids is 3. The molecule has 3 aromatic rings. The molecule has 10 nitrogen and oxygen atoms in total. The Hall–Kier alpha value is -4.31. The lowest BCUT2D eigenvalue weighted by Crippen LogP contribution is -2.44. The van der Waals surface area contributed by atoms with Gasteiger partial charge in [-0.25, -0.2) is 19.7 Å². The number of rotatable bonds is 4. The van der Waals surface area contributed by atoms with E-state index in [9.17, 15) is 14.4 Å². The summed E-state index contributed by atoms with van der Waals surface area (Å²) in [5.41, 5.74) is 9.18. The van der Waals surface area contributed by atoms with E-state index in [1.807, 2.05) is 24.3 Å². The Balaban J connectivity index is 1.35. The molecule has 4 heterocycles. The fourth-order valence-corrected chi connectivity index (χ4v) is 6.09. The summed E-state index contributed by atoms with van der Waals surface area (Å²) in [6.45, 7) is 8.97. The zero-order chi connectivity index (χ0) is 28.4. The molecule has 0 radical (unpaired) electrons. The number of aromatic nitrogens is 2. The van der Waals surface area contributed by atoms with E-state index in [-0.39, 0.29) is 29.7 Å². The van der Waals surface area contributed by atoms with Gasteiger partial charge in [-0.2, -0.15) is 0 Å². The number of hydrogen-bond donors (Lipinski definition) is 2. The van der Waals surface area contributed by atoms with Gasteiger partial charge in [-0.05, 0) is 55.2 Å². The smallest absolute Gasteiger partial charge is 0.332 e. The van der Waals surface area contributed by atoms with Crippen LogP contribution in [-0.4, -0.2) is 51.3 Å². The fraction of sp³-hybridized carbons (Fsp3) is 0.367. The third kappa shape index (κ3) is 4.02. The fourth-order valence-electron chi connectivity index (χ4n) is 6.09. The number of fused-ring (bicyclic) bond motifs is 2. The third-order valence-electron chi connectivity index (χ3n) is 8.31. The molecule has 1 saturated heterocycles. The van der Waals surface area contributed by atoms with Gasteiger partial charge in [0.15, 0.2) is 0 Å². The van der Waals surface area contributed by atoms with Crippen molar-refractivity contribution in [2.75, 3.05) is 28.6 Å². The van der Waals surface area contributed by atoms with Crippen molar-refractivity contribution in [1.82, 2.24) is 20.2 Å². The average Bonchev–Trinajstić information content (AvgIpc) is 3.29. The number of hydrogen-bond acceptors (Lipinski definition) is 7. The van der Waals surface area contributed by atoms with E-state index >= 15 is 0 Å². The van der Waals surface area contributed by atoms with E-state index in [1.54, 1.807) is 36.9 Å². The Morgan fingerprint density at radius 3 is 2.65 bits per heavy atom. The van der Waals surface area contributed by atoms with Crippen molar-refractivity contribution in [3.63, 3.8) is 0 Å². The van der Waals surface area contributed by atoms with Crippen molar-refractivity contribution in [1.29, 1.82) is 0 Å². The quantitative estimate of drug-likeness (QED) is 0.488. The summed E-state index contributed by atoms with van der Waals surface area (Å²) in [6, 6.07) is 14.3. The van der Waals surface area contributed by atoms with E-state index in [4.69, 9.17) is 5.73 Å². The molecule has 3 aliphatic rings. The second kappa shape index (κ2) is 9.12. The largest absolute Gasteiger partial charge is 0.368 e. The molecule has 3 aliphatic heterocycles. The van der Waals surface area contributed by atoms with Crippen LogP contribution in [0.4, 0.5) is 22.1 Å². The van der Waals surface area contributed by atoms with Crippen LogP contribution in [0.15, 0.2) is 54.7 Å². The predicted molar refractivity (Wildman–Crippen MR) is 152 cm³/mol. The monoisotopic (exact) mass is 539 g/mol. The summed E-state index contributed by atoms with van der Waals surface area (Å²) in [7, 11) is 0. The Kier molecular flexibility index (Phi) is 5.92. The van der Waals surface area contributed by atoms with Gasteiger partial charge in [0.05, 0.1) is 17.9 Å².